The maximum absolute atomic E-state index is 6.22. The number of hydrogen-bond acceptors (Lipinski definition) is 7. The Kier molecular flexibility index (Phi) is 6.72. The highest BCUT2D eigenvalue weighted by Gasteiger charge is 2.13. The van der Waals surface area contributed by atoms with Gasteiger partial charge in [0.1, 0.15) is 18.7 Å². The number of methoxy groups -OCH3 is 1. The predicted molar refractivity (Wildman–Crippen MR) is 121 cm³/mol. The van der Waals surface area contributed by atoms with Crippen LogP contribution in [0.25, 0.3) is 11.1 Å². The molecule has 4 aromatic rings. The molecule has 0 bridgehead atoms. The molecule has 8 nitrogen and oxygen atoms in total. The Morgan fingerprint density at radius 3 is 2.53 bits per heavy atom. The first-order chi connectivity index (χ1) is 15.6. The fraction of sp³-hybridized carbons (Fsp3) is 0.250. The van der Waals surface area contributed by atoms with E-state index in [0.717, 1.165) is 40.2 Å². The number of rotatable bonds is 9. The van der Waals surface area contributed by atoms with Crippen molar-refractivity contribution in [2.75, 3.05) is 14.2 Å². The minimum absolute atomic E-state index is 0.363. The zero-order chi connectivity index (χ0) is 22.3. The Balaban J connectivity index is 1.58. The van der Waals surface area contributed by atoms with Crippen LogP contribution in [-0.4, -0.2) is 44.2 Å². The van der Waals surface area contributed by atoms with Gasteiger partial charge in [0.05, 0.1) is 18.9 Å². The lowest BCUT2D eigenvalue weighted by Crippen LogP contribution is -2.18. The summed E-state index contributed by atoms with van der Waals surface area (Å²) >= 11 is 0. The van der Waals surface area contributed by atoms with Crippen LogP contribution in [0.1, 0.15) is 22.4 Å². The molecule has 8 heteroatoms. The summed E-state index contributed by atoms with van der Waals surface area (Å²) in [5.74, 6) is 1.38. The van der Waals surface area contributed by atoms with Gasteiger partial charge >= 0.3 is 0 Å². The Morgan fingerprint density at radius 1 is 0.969 bits per heavy atom. The average Bonchev–Trinajstić information content (AvgIpc) is 3.23. The van der Waals surface area contributed by atoms with Gasteiger partial charge < -0.3 is 9.47 Å². The van der Waals surface area contributed by atoms with Gasteiger partial charge in [-0.1, -0.05) is 6.07 Å². The minimum Gasteiger partial charge on any atom is -0.488 e. The second kappa shape index (κ2) is 10.0. The molecule has 0 saturated carbocycles. The van der Waals surface area contributed by atoms with E-state index in [1.807, 2.05) is 49.8 Å². The summed E-state index contributed by atoms with van der Waals surface area (Å²) in [7, 11) is 3.69. The van der Waals surface area contributed by atoms with E-state index in [1.165, 1.54) is 11.9 Å². The van der Waals surface area contributed by atoms with Gasteiger partial charge in [-0.3, -0.25) is 10.00 Å². The van der Waals surface area contributed by atoms with Crippen molar-refractivity contribution in [1.82, 2.24) is 30.0 Å². The summed E-state index contributed by atoms with van der Waals surface area (Å²) in [4.78, 5) is 14.8. The maximum atomic E-state index is 6.22. The summed E-state index contributed by atoms with van der Waals surface area (Å²) in [5.41, 5.74) is 6.21. The topological polar surface area (TPSA) is 89.1 Å². The molecule has 0 fully saturated rings. The monoisotopic (exact) mass is 430 g/mol. The molecule has 0 unspecified atom stereocenters. The Labute approximate surface area is 187 Å². The van der Waals surface area contributed by atoms with E-state index in [0.29, 0.717) is 19.0 Å². The third-order valence-electron chi connectivity index (χ3n) is 5.20. The van der Waals surface area contributed by atoms with Crippen molar-refractivity contribution in [1.29, 1.82) is 0 Å². The van der Waals surface area contributed by atoms with E-state index in [1.54, 1.807) is 13.3 Å². The molecule has 0 aliphatic carbocycles. The molecule has 3 aromatic heterocycles. The molecule has 0 saturated heterocycles. The Hall–Kier alpha value is -3.78. The van der Waals surface area contributed by atoms with Crippen LogP contribution in [0.3, 0.4) is 0 Å². The van der Waals surface area contributed by atoms with Crippen molar-refractivity contribution in [2.24, 2.45) is 0 Å². The SMILES string of the molecule is COc1ncccc1COc1ccc(-c2cncnc2)cc1CN(C)Cc1cn[nH]c1C. The molecular weight excluding hydrogens is 404 g/mol. The number of hydrogen-bond donors (Lipinski definition) is 1. The fourth-order valence-corrected chi connectivity index (χ4v) is 3.52. The summed E-state index contributed by atoms with van der Waals surface area (Å²) in [6, 6.07) is 9.99. The zero-order valence-electron chi connectivity index (χ0n) is 18.4. The van der Waals surface area contributed by atoms with Crippen molar-refractivity contribution >= 4 is 0 Å². The Morgan fingerprint density at radius 2 is 1.78 bits per heavy atom. The van der Waals surface area contributed by atoms with Gasteiger partial charge in [-0.25, -0.2) is 15.0 Å². The third-order valence-corrected chi connectivity index (χ3v) is 5.20. The lowest BCUT2D eigenvalue weighted by molar-refractivity contribution is 0.275. The largest absolute Gasteiger partial charge is 0.488 e. The van der Waals surface area contributed by atoms with Crippen LogP contribution < -0.4 is 9.47 Å². The van der Waals surface area contributed by atoms with Crippen molar-refractivity contribution < 1.29 is 9.47 Å². The maximum Gasteiger partial charge on any atom is 0.219 e. The highest BCUT2D eigenvalue weighted by Crippen LogP contribution is 2.29. The molecule has 164 valence electrons. The van der Waals surface area contributed by atoms with E-state index in [9.17, 15) is 0 Å². The van der Waals surface area contributed by atoms with E-state index < -0.39 is 0 Å². The second-order valence-electron chi connectivity index (χ2n) is 7.60. The number of ether oxygens (including phenoxy) is 2. The number of benzene rings is 1. The number of nitrogens with zero attached hydrogens (tertiary/aromatic N) is 5. The van der Waals surface area contributed by atoms with Crippen LogP contribution >= 0.6 is 0 Å². The fourth-order valence-electron chi connectivity index (χ4n) is 3.52. The lowest BCUT2D eigenvalue weighted by Gasteiger charge is -2.20. The second-order valence-corrected chi connectivity index (χ2v) is 7.60. The molecule has 0 aliphatic rings. The van der Waals surface area contributed by atoms with Crippen molar-refractivity contribution in [3.05, 3.63) is 83.8 Å². The number of aromatic nitrogens is 5. The summed E-state index contributed by atoms with van der Waals surface area (Å²) in [6.45, 7) is 3.87. The summed E-state index contributed by atoms with van der Waals surface area (Å²) in [5, 5.41) is 7.12. The first-order valence-corrected chi connectivity index (χ1v) is 10.3. The van der Waals surface area contributed by atoms with Crippen LogP contribution in [0, 0.1) is 6.92 Å². The van der Waals surface area contributed by atoms with E-state index in [2.05, 4.69) is 43.2 Å². The molecule has 4 rings (SSSR count). The van der Waals surface area contributed by atoms with E-state index in [-0.39, 0.29) is 0 Å². The van der Waals surface area contributed by atoms with Crippen molar-refractivity contribution in [3.8, 4) is 22.8 Å². The standard InChI is InChI=1S/C24H26N6O2/c1-17-22(12-28-29-17)14-30(2)13-20-9-18(21-10-25-16-26-11-21)6-7-23(20)32-15-19-5-4-8-27-24(19)31-3/h4-12,16H,13-15H2,1-3H3,(H,28,29). The van der Waals surface area contributed by atoms with E-state index >= 15 is 0 Å². The van der Waals surface area contributed by atoms with E-state index in [4.69, 9.17) is 9.47 Å². The smallest absolute Gasteiger partial charge is 0.219 e. The van der Waals surface area contributed by atoms with Gasteiger partial charge in [-0.2, -0.15) is 5.10 Å². The van der Waals surface area contributed by atoms with Gasteiger partial charge in [0.15, 0.2) is 0 Å². The number of aromatic amines is 1. The van der Waals surface area contributed by atoms with Crippen molar-refractivity contribution in [3.63, 3.8) is 0 Å². The molecule has 32 heavy (non-hydrogen) atoms. The molecule has 3 heterocycles. The van der Waals surface area contributed by atoms with Gasteiger partial charge in [0.25, 0.3) is 0 Å². The van der Waals surface area contributed by atoms with Gasteiger partial charge in [0.2, 0.25) is 5.88 Å². The normalized spacial score (nSPS) is 11.0. The summed E-state index contributed by atoms with van der Waals surface area (Å²) in [6.07, 6.45) is 8.73. The molecule has 0 amide bonds. The number of H-pyrrole nitrogens is 1. The van der Waals surface area contributed by atoms with Crippen molar-refractivity contribution in [2.45, 2.75) is 26.6 Å². The molecule has 0 spiro atoms. The number of aryl methyl sites for hydroxylation is 1. The average molecular weight is 431 g/mol. The quantitative estimate of drug-likeness (QED) is 0.432. The van der Waals surface area contributed by atoms with Crippen LogP contribution in [-0.2, 0) is 19.7 Å². The van der Waals surface area contributed by atoms with Crippen LogP contribution in [0.5, 0.6) is 11.6 Å². The van der Waals surface area contributed by atoms with Crippen LogP contribution in [0.4, 0.5) is 0 Å². The lowest BCUT2D eigenvalue weighted by atomic mass is 10.0. The molecule has 0 aliphatic heterocycles. The highest BCUT2D eigenvalue weighted by atomic mass is 16.5. The first kappa shape index (κ1) is 21.5. The predicted octanol–water partition coefficient (Wildman–Crippen LogP) is 3.79. The van der Waals surface area contributed by atoms with Gasteiger partial charge in [-0.05, 0) is 43.8 Å². The molecule has 0 atom stereocenters. The summed E-state index contributed by atoms with van der Waals surface area (Å²) < 4.78 is 11.6. The molecular formula is C24H26N6O2. The van der Waals surface area contributed by atoms with Crippen LogP contribution in [0.2, 0.25) is 0 Å². The zero-order valence-corrected chi connectivity index (χ0v) is 18.4. The van der Waals surface area contributed by atoms with Gasteiger partial charge in [-0.15, -0.1) is 0 Å². The molecule has 1 aromatic carbocycles. The Bertz CT molecular complexity index is 1160. The molecule has 0 radical (unpaired) electrons. The third kappa shape index (κ3) is 5.09. The number of nitrogens with one attached hydrogen (secondary N) is 1. The molecule has 1 N–H and O–H groups in total. The first-order valence-electron chi connectivity index (χ1n) is 10.3. The minimum atomic E-state index is 0.363. The highest BCUT2D eigenvalue weighted by molar-refractivity contribution is 5.64. The van der Waals surface area contributed by atoms with Gasteiger partial charge in [0, 0.05) is 54.1 Å². The number of pyridine rings is 1. The van der Waals surface area contributed by atoms with Crippen LogP contribution in [0.15, 0.2) is 61.4 Å².